The van der Waals surface area contributed by atoms with E-state index in [1.54, 1.807) is 4.57 Å². The number of primary sulfonamides is 1. The van der Waals surface area contributed by atoms with Crippen molar-refractivity contribution in [3.8, 4) is 0 Å². The van der Waals surface area contributed by atoms with Crippen molar-refractivity contribution in [3.63, 3.8) is 0 Å². The monoisotopic (exact) mass is 770 g/mol. The number of anilines is 3. The number of nitrogens with one attached hydrogen (secondary N) is 4. The second-order valence-corrected chi connectivity index (χ2v) is 15.2. The molecule has 2 fully saturated rings. The number of sulfonamides is 1. The summed E-state index contributed by atoms with van der Waals surface area (Å²) in [7, 11) is -3.87. The van der Waals surface area contributed by atoms with Crippen molar-refractivity contribution in [2.45, 2.75) is 54.0 Å². The molecule has 3 aromatic carbocycles. The number of urea groups is 1. The van der Waals surface area contributed by atoms with Crippen LogP contribution in [0.25, 0.3) is 11.2 Å². The van der Waals surface area contributed by atoms with Gasteiger partial charge in [0.2, 0.25) is 21.9 Å². The van der Waals surface area contributed by atoms with Gasteiger partial charge >= 0.3 is 6.03 Å². The van der Waals surface area contributed by atoms with Crippen molar-refractivity contribution in [2.24, 2.45) is 5.14 Å². The number of rotatable bonds is 12. The number of benzene rings is 3. The molecule has 288 valence electrons. The van der Waals surface area contributed by atoms with E-state index in [9.17, 15) is 33.3 Å². The molecule has 9 N–H and O–H groups in total. The number of imidazole rings is 1. The Morgan fingerprint density at radius 2 is 1.58 bits per heavy atom. The van der Waals surface area contributed by atoms with Crippen molar-refractivity contribution in [3.05, 3.63) is 102 Å². The van der Waals surface area contributed by atoms with Crippen molar-refractivity contribution < 1.29 is 33.3 Å². The number of fused-ring (bicyclic) bond motifs is 1. The molecule has 17 nitrogen and oxygen atoms in total. The molecule has 1 saturated heterocycles. The lowest BCUT2D eigenvalue weighted by Crippen LogP contribution is -2.44. The third kappa shape index (κ3) is 8.37. The third-order valence-corrected chi connectivity index (χ3v) is 11.0. The summed E-state index contributed by atoms with van der Waals surface area (Å²) in [6.07, 6.45) is -0.304. The first kappa shape index (κ1) is 37.6. The number of nitrogens with two attached hydrogens (primary N) is 1. The van der Waals surface area contributed by atoms with Gasteiger partial charge in [-0.05, 0) is 48.2 Å². The van der Waals surface area contributed by atoms with Crippen molar-refractivity contribution >= 4 is 50.6 Å². The topological polar surface area (TPSA) is 250 Å². The Morgan fingerprint density at radius 3 is 2.22 bits per heavy atom. The van der Waals surface area contributed by atoms with Crippen LogP contribution < -0.4 is 31.3 Å². The minimum atomic E-state index is -3.87. The number of amides is 3. The lowest BCUT2D eigenvalue weighted by Gasteiger charge is -2.22. The smallest absolute Gasteiger partial charge is 0.319 e. The quantitative estimate of drug-likeness (QED) is 0.0894. The maximum Gasteiger partial charge on any atom is 0.319 e. The van der Waals surface area contributed by atoms with Gasteiger partial charge in [0.15, 0.2) is 17.0 Å². The number of carbonyl (C=O) groups is 2. The first-order chi connectivity index (χ1) is 26.5. The summed E-state index contributed by atoms with van der Waals surface area (Å²) in [4.78, 5) is 41.2. The van der Waals surface area contributed by atoms with Gasteiger partial charge in [0.1, 0.15) is 18.8 Å². The van der Waals surface area contributed by atoms with Gasteiger partial charge in [0, 0.05) is 37.3 Å². The van der Waals surface area contributed by atoms with E-state index in [1.165, 1.54) is 30.6 Å². The molecule has 0 spiro atoms. The van der Waals surface area contributed by atoms with Crippen LogP contribution in [0.4, 0.5) is 22.2 Å². The maximum atomic E-state index is 12.9. The number of carbonyl (C=O) groups excluding carboxylic acids is 2. The molecule has 55 heavy (non-hydrogen) atoms. The first-order valence-corrected chi connectivity index (χ1v) is 19.3. The van der Waals surface area contributed by atoms with Gasteiger partial charge in [0.25, 0.3) is 0 Å². The van der Waals surface area contributed by atoms with E-state index < -0.39 is 52.9 Å². The summed E-state index contributed by atoms with van der Waals surface area (Å²) in [5, 5.41) is 48.1. The Labute approximate surface area is 316 Å². The Hall–Kier alpha value is -5.66. The highest BCUT2D eigenvalue weighted by Crippen LogP contribution is 2.35. The van der Waals surface area contributed by atoms with Crippen molar-refractivity contribution in [2.75, 3.05) is 41.8 Å². The van der Waals surface area contributed by atoms with Gasteiger partial charge in [-0.3, -0.25) is 4.79 Å². The molecule has 1 saturated carbocycles. The molecule has 3 heterocycles. The Kier molecular flexibility index (Phi) is 10.9. The van der Waals surface area contributed by atoms with Crippen LogP contribution in [0.3, 0.4) is 0 Å². The predicted octanol–water partition coefficient (Wildman–Crippen LogP) is 1.26. The summed E-state index contributed by atoms with van der Waals surface area (Å²) in [6.45, 7) is 0.574. The van der Waals surface area contributed by atoms with E-state index >= 15 is 0 Å². The number of nitrogens with zero attached hydrogens (tertiary/aromatic N) is 5. The minimum Gasteiger partial charge on any atom is -0.388 e. The minimum absolute atomic E-state index is 0.0459. The highest BCUT2D eigenvalue weighted by Gasteiger charge is 2.44. The van der Waals surface area contributed by atoms with Crippen molar-refractivity contribution in [1.82, 2.24) is 30.2 Å². The number of aliphatic hydroxyl groups excluding tert-OH is 3. The number of hydrogen-bond donors (Lipinski definition) is 8. The van der Waals surface area contributed by atoms with E-state index in [0.29, 0.717) is 54.7 Å². The summed E-state index contributed by atoms with van der Waals surface area (Å²) in [6, 6.07) is 23.4. The second-order valence-electron chi connectivity index (χ2n) is 13.7. The lowest BCUT2D eigenvalue weighted by molar-refractivity contribution is -0.125. The zero-order valence-corrected chi connectivity index (χ0v) is 30.4. The Balaban J connectivity index is 1.15. The zero-order chi connectivity index (χ0) is 38.7. The van der Waals surface area contributed by atoms with Gasteiger partial charge in [0.05, 0.1) is 23.3 Å². The molecule has 5 atom stereocenters. The molecule has 1 aliphatic heterocycles. The number of aliphatic hydroxyl groups is 3. The molecule has 5 aromatic rings. The molecule has 0 bridgehead atoms. The third-order valence-electron chi connectivity index (χ3n) is 10.0. The largest absolute Gasteiger partial charge is 0.388 e. The second kappa shape index (κ2) is 16.0. The van der Waals surface area contributed by atoms with Gasteiger partial charge < -0.3 is 46.1 Å². The molecule has 2 aliphatic rings. The molecule has 18 heteroatoms. The van der Waals surface area contributed by atoms with E-state index in [4.69, 9.17) is 15.1 Å². The zero-order valence-electron chi connectivity index (χ0n) is 29.6. The molecule has 7 rings (SSSR count). The van der Waals surface area contributed by atoms with E-state index in [-0.39, 0.29) is 23.3 Å². The fourth-order valence-corrected chi connectivity index (χ4v) is 7.75. The van der Waals surface area contributed by atoms with E-state index in [2.05, 4.69) is 50.5 Å². The van der Waals surface area contributed by atoms with Crippen LogP contribution in [-0.4, -0.2) is 106 Å². The van der Waals surface area contributed by atoms with E-state index in [1.807, 2.05) is 41.3 Å². The number of aromatic nitrogens is 4. The fourth-order valence-electron chi connectivity index (χ4n) is 7.23. The molecule has 2 aromatic heterocycles. The summed E-state index contributed by atoms with van der Waals surface area (Å²) >= 11 is 0. The Bertz CT molecular complexity index is 2200. The summed E-state index contributed by atoms with van der Waals surface area (Å²) < 4.78 is 24.9. The standard InChI is InChI=1S/C37H42N10O7S/c38-55(53,54)26-13-11-24(12-14-26)41-37(52)42-25-15-16-46(19-25)36-44-34(39-18-27(22-7-3-1-4-8-22)23-9-5-2-6-10-23)31-35(45-36)47(21-40-31)29-17-28(32(50)33(29)51)43-30(49)20-48/h1-14,21,25,27-29,32-33,48,50-51H,15-20H2,(H,43,49)(H2,38,53,54)(H,39,44,45)(H2,41,42,52)/t25-,28+,29-,32-,33+/m1/s1. The number of hydrogen-bond acceptors (Lipinski definition) is 12. The van der Waals surface area contributed by atoms with Crippen molar-refractivity contribution in [1.29, 1.82) is 0 Å². The van der Waals surface area contributed by atoms with Crippen LogP contribution in [0.5, 0.6) is 0 Å². The van der Waals surface area contributed by atoms with Gasteiger partial charge in [-0.25, -0.2) is 23.3 Å². The van der Waals surface area contributed by atoms with Crippen LogP contribution in [0, 0.1) is 0 Å². The molecule has 0 radical (unpaired) electrons. The summed E-state index contributed by atoms with van der Waals surface area (Å²) in [5.41, 5.74) is 3.42. The average Bonchev–Trinajstić information content (AvgIpc) is 3.90. The highest BCUT2D eigenvalue weighted by molar-refractivity contribution is 7.89. The van der Waals surface area contributed by atoms with E-state index in [0.717, 1.165) is 11.1 Å². The highest BCUT2D eigenvalue weighted by atomic mass is 32.2. The van der Waals surface area contributed by atoms with Crippen LogP contribution in [0.1, 0.15) is 35.9 Å². The molecule has 1 aliphatic carbocycles. The lowest BCUT2D eigenvalue weighted by atomic mass is 9.91. The Morgan fingerprint density at radius 1 is 0.909 bits per heavy atom. The van der Waals surface area contributed by atoms with Gasteiger partial charge in [-0.1, -0.05) is 60.7 Å². The van der Waals surface area contributed by atoms with Crippen LogP contribution in [0.15, 0.2) is 96.2 Å². The molecule has 3 amide bonds. The molecule has 0 unspecified atom stereocenters. The maximum absolute atomic E-state index is 12.9. The predicted molar refractivity (Wildman–Crippen MR) is 204 cm³/mol. The molecular formula is C37H42N10O7S. The van der Waals surface area contributed by atoms with Crippen LogP contribution in [0.2, 0.25) is 0 Å². The first-order valence-electron chi connectivity index (χ1n) is 17.8. The SMILES string of the molecule is NS(=O)(=O)c1ccc(NC(=O)N[C@@H]2CCN(c3nc(NCC(c4ccccc4)c4ccccc4)c4ncn([C@@H]5C[C@H](NC(=O)CO)[C@@H](O)[C@H]5O)c4n3)C2)cc1. The summed E-state index contributed by atoms with van der Waals surface area (Å²) in [5.74, 6) is 0.0937. The van der Waals surface area contributed by atoms with Crippen LogP contribution in [-0.2, 0) is 14.8 Å². The fraction of sp³-hybridized carbons (Fsp3) is 0.324. The van der Waals surface area contributed by atoms with Crippen LogP contribution >= 0.6 is 0 Å². The van der Waals surface area contributed by atoms with Gasteiger partial charge in [-0.15, -0.1) is 0 Å². The van der Waals surface area contributed by atoms with Gasteiger partial charge in [-0.2, -0.15) is 9.97 Å². The normalized spacial score (nSPS) is 21.2. The average molecular weight is 771 g/mol. The molecular weight excluding hydrogens is 729 g/mol.